The van der Waals surface area contributed by atoms with Crippen LogP contribution in [0.5, 0.6) is 0 Å². The number of aromatic nitrogens is 3. The number of fused-ring (bicyclic) bond motifs is 9. The molecule has 7 atom stereocenters. The number of nitrogens with one attached hydrogen (secondary N) is 1. The molecule has 6 bridgehead atoms. The average molecular weight is 903 g/mol. The zero-order chi connectivity index (χ0) is 44.7. The lowest BCUT2D eigenvalue weighted by molar-refractivity contribution is -0.156. The van der Waals surface area contributed by atoms with Crippen molar-refractivity contribution in [2.24, 2.45) is 27.7 Å². The first-order chi connectivity index (χ1) is 30.8. The van der Waals surface area contributed by atoms with Crippen LogP contribution in [0.1, 0.15) is 82.2 Å². The fourth-order valence-corrected chi connectivity index (χ4v) is 14.8. The molecule has 2 saturated carbocycles. The van der Waals surface area contributed by atoms with Crippen molar-refractivity contribution in [3.8, 4) is 22.5 Å². The number of cyclic esters (lactones) is 1. The average Bonchev–Trinajstić information content (AvgIpc) is 3.88. The Morgan fingerprint density at radius 3 is 2.67 bits per heavy atom. The minimum Gasteiger partial charge on any atom is -0.464 e. The van der Waals surface area contributed by atoms with Crippen molar-refractivity contribution in [3.05, 3.63) is 52.1 Å². The first-order valence-electron chi connectivity index (χ1n) is 23.4. The Morgan fingerprint density at radius 1 is 1.11 bits per heavy atom. The van der Waals surface area contributed by atoms with E-state index in [1.165, 1.54) is 5.56 Å². The summed E-state index contributed by atoms with van der Waals surface area (Å²) in [5.74, 6) is -0.198. The summed E-state index contributed by atoms with van der Waals surface area (Å²) in [5, 5.41) is 5.08. The molecule has 3 aromatic heterocycles. The minimum atomic E-state index is -0.880. The molecule has 64 heavy (non-hydrogen) atoms. The number of methoxy groups -OCH3 is 1. The molecular formula is C49H62N8O5SSi. The third-order valence-electron chi connectivity index (χ3n) is 15.4. The van der Waals surface area contributed by atoms with Gasteiger partial charge in [0.25, 0.3) is 0 Å². The summed E-state index contributed by atoms with van der Waals surface area (Å²) >= 11 is 1.58. The number of benzene rings is 1. The highest BCUT2D eigenvalue weighted by atomic mass is 32.1. The standard InChI is InChI=1S/C49H62N8O5SSi/c1-8-56-39-15-14-30-21-34(39)36(42(56)35-22-32(26-51-41(35)29(2)61-7)55-19-17-54(6)18-20-55)23-47(3,4)28-62-44(59)37-13-10-16-57(53-37)46(60)48(24-40-52-38(30)27-63-40)45-49(48,64-45)43(58)33-12-9-11-31(33)25-50-5/h14-15,21-22,25-27,29,31,33,37,45,53H,8-13,16-20,23-24,28H2,1-7H3/t29-,31+,33-,37-,45?,48?,49?/m0/s1. The number of ether oxygens (including phenoxy) is 2. The molecule has 2 aliphatic carbocycles. The van der Waals surface area contributed by atoms with Crippen molar-refractivity contribution in [1.82, 2.24) is 29.9 Å². The second kappa shape index (κ2) is 16.5. The quantitative estimate of drug-likeness (QED) is 0.114. The number of likely N-dealkylation sites (N-methyl/N-ethyl adjacent to an activating group) is 1. The van der Waals surface area contributed by atoms with Gasteiger partial charge in [-0.2, -0.15) is 0 Å². The van der Waals surface area contributed by atoms with Gasteiger partial charge in [0.05, 0.1) is 61.6 Å². The van der Waals surface area contributed by atoms with Gasteiger partial charge in [0, 0.05) is 116 Å². The highest BCUT2D eigenvalue weighted by Crippen LogP contribution is 2.95. The summed E-state index contributed by atoms with van der Waals surface area (Å²) in [6.45, 7) is 13.8. The Morgan fingerprint density at radius 2 is 1.92 bits per heavy atom. The third kappa shape index (κ3) is 7.10. The summed E-state index contributed by atoms with van der Waals surface area (Å²) in [5.41, 5.74) is 10.3. The number of nitrogens with zero attached hydrogens (tertiary/aromatic N) is 7. The highest BCUT2D eigenvalue weighted by Gasteiger charge is 2.95. The molecule has 4 aliphatic heterocycles. The number of hydrogen-bond donors (Lipinski definition) is 1. The van der Waals surface area contributed by atoms with Crippen molar-refractivity contribution in [3.63, 3.8) is 0 Å². The van der Waals surface area contributed by atoms with E-state index in [4.69, 9.17) is 19.4 Å². The Bertz CT molecular complexity index is 2530. The topological polar surface area (TPSA) is 134 Å². The van der Waals surface area contributed by atoms with Gasteiger partial charge in [-0.25, -0.2) is 10.4 Å². The molecule has 6 aliphatic rings. The van der Waals surface area contributed by atoms with E-state index >= 15 is 4.79 Å². The van der Waals surface area contributed by atoms with E-state index in [-0.39, 0.29) is 47.7 Å². The van der Waals surface area contributed by atoms with E-state index < -0.39 is 21.9 Å². The number of Topliss-reactive ketones (excluding diaryl/α,β-unsaturated/α-hetero) is 1. The number of aliphatic imine (C=N–C) groups is 1. The van der Waals surface area contributed by atoms with E-state index in [1.54, 1.807) is 30.5 Å². The smallest absolute Gasteiger partial charge is 0.324 e. The van der Waals surface area contributed by atoms with Gasteiger partial charge >= 0.3 is 5.97 Å². The molecule has 13 nitrogen and oxygen atoms in total. The Hall–Kier alpha value is -4.28. The van der Waals surface area contributed by atoms with E-state index in [9.17, 15) is 9.59 Å². The van der Waals surface area contributed by atoms with E-state index in [2.05, 4.69) is 89.2 Å². The van der Waals surface area contributed by atoms with Gasteiger partial charge < -0.3 is 28.8 Å². The molecule has 1 N–H and O–H groups in total. The third-order valence-corrected chi connectivity index (χ3v) is 18.5. The number of piperazine rings is 1. The molecule has 3 saturated heterocycles. The minimum absolute atomic E-state index is 0.00575. The maximum absolute atomic E-state index is 15.1. The molecular weight excluding hydrogens is 841 g/mol. The molecule has 4 aromatic rings. The lowest BCUT2D eigenvalue weighted by Crippen LogP contribution is -2.59. The molecule has 7 heterocycles. The lowest BCUT2D eigenvalue weighted by Gasteiger charge is -2.38. The van der Waals surface area contributed by atoms with Crippen LogP contribution < -0.4 is 10.3 Å². The fourth-order valence-electron chi connectivity index (χ4n) is 11.6. The Balaban J connectivity index is 1.10. The van der Waals surface area contributed by atoms with Crippen molar-refractivity contribution in [2.75, 3.05) is 65.4 Å². The zero-order valence-corrected chi connectivity index (χ0v) is 40.2. The number of anilines is 1. The Kier molecular flexibility index (Phi) is 11.3. The number of carbonyl (C=O) groups is 3. The number of amides is 1. The molecule has 3 unspecified atom stereocenters. The van der Waals surface area contributed by atoms with Crippen LogP contribution in [0.4, 0.5) is 5.69 Å². The summed E-state index contributed by atoms with van der Waals surface area (Å²) in [6, 6.07) is 8.31. The van der Waals surface area contributed by atoms with Crippen molar-refractivity contribution in [2.45, 2.75) is 102 Å². The van der Waals surface area contributed by atoms with Crippen molar-refractivity contribution >= 4 is 61.3 Å². The summed E-state index contributed by atoms with van der Waals surface area (Å²) < 4.78 is 14.7. The SMILES string of the molecule is CCn1c(-c2cc(N3CCN(C)CC3)cnc2[C@H](C)OC)c2c3cc(ccc31)-c1csc(n1)CC1(C(=O)N3CCC[C@H](N3)C(=O)OCC(C)(C)C2)C2[Si]C21C(=O)[C@H]1CCC[C@@H]1C=NC. The van der Waals surface area contributed by atoms with E-state index in [1.807, 2.05) is 12.4 Å². The number of aryl methyl sites for hydroxylation is 1. The van der Waals surface area contributed by atoms with E-state index in [0.29, 0.717) is 41.7 Å². The molecule has 1 amide bonds. The van der Waals surface area contributed by atoms with Gasteiger partial charge in [0.1, 0.15) is 11.8 Å². The zero-order valence-electron chi connectivity index (χ0n) is 38.4. The van der Waals surface area contributed by atoms with Crippen LogP contribution >= 0.6 is 11.3 Å². The molecule has 338 valence electrons. The summed E-state index contributed by atoms with van der Waals surface area (Å²) in [6.07, 6.45) is 8.73. The van der Waals surface area contributed by atoms with Crippen LogP contribution in [-0.4, -0.2) is 124 Å². The maximum Gasteiger partial charge on any atom is 0.324 e. The van der Waals surface area contributed by atoms with Crippen LogP contribution in [-0.2, 0) is 43.2 Å². The largest absolute Gasteiger partial charge is 0.464 e. The second-order valence-electron chi connectivity index (χ2n) is 20.0. The van der Waals surface area contributed by atoms with Gasteiger partial charge in [-0.05, 0) is 82.3 Å². The predicted octanol–water partition coefficient (Wildman–Crippen LogP) is 6.82. The van der Waals surface area contributed by atoms with Gasteiger partial charge in [0.15, 0.2) is 0 Å². The van der Waals surface area contributed by atoms with Crippen molar-refractivity contribution < 1.29 is 23.9 Å². The number of rotatable bonds is 8. The first kappa shape index (κ1) is 43.6. The van der Waals surface area contributed by atoms with Crippen LogP contribution in [0.2, 0.25) is 10.6 Å². The van der Waals surface area contributed by atoms with Gasteiger partial charge in [-0.3, -0.25) is 24.4 Å². The van der Waals surface area contributed by atoms with Crippen LogP contribution in [0.3, 0.4) is 0 Å². The molecule has 5 fully saturated rings. The van der Waals surface area contributed by atoms with Crippen LogP contribution in [0, 0.1) is 22.7 Å². The van der Waals surface area contributed by atoms with Gasteiger partial charge in [-0.15, -0.1) is 11.3 Å². The number of hydrogen-bond acceptors (Lipinski definition) is 12. The molecule has 1 aromatic carbocycles. The Labute approximate surface area is 383 Å². The summed E-state index contributed by atoms with van der Waals surface area (Å²) in [7, 11) is 6.11. The van der Waals surface area contributed by atoms with Crippen molar-refractivity contribution in [1.29, 1.82) is 0 Å². The highest BCUT2D eigenvalue weighted by molar-refractivity contribution is 7.10. The van der Waals surface area contributed by atoms with E-state index in [0.717, 1.165) is 102 Å². The fraction of sp³-hybridized carbons (Fsp3) is 0.592. The van der Waals surface area contributed by atoms with Crippen LogP contribution in [0.15, 0.2) is 40.8 Å². The number of ketones is 1. The second-order valence-corrected chi connectivity index (χ2v) is 22.6. The number of esters is 1. The number of carbonyl (C=O) groups excluding carboxylic acids is 3. The number of hydrazine groups is 1. The maximum atomic E-state index is 15.1. The molecule has 15 heteroatoms. The van der Waals surface area contributed by atoms with Gasteiger partial charge in [0.2, 0.25) is 5.91 Å². The lowest BCUT2D eigenvalue weighted by atomic mass is 9.84. The summed E-state index contributed by atoms with van der Waals surface area (Å²) in [4.78, 5) is 63.5. The molecule has 2 radical (unpaired) electrons. The normalized spacial score (nSPS) is 29.9. The van der Waals surface area contributed by atoms with Crippen LogP contribution in [0.25, 0.3) is 33.4 Å². The predicted molar refractivity (Wildman–Crippen MR) is 252 cm³/mol. The van der Waals surface area contributed by atoms with Gasteiger partial charge in [-0.1, -0.05) is 26.3 Å². The number of thiazole rings is 1. The molecule has 10 rings (SSSR count). The number of pyridine rings is 1. The molecule has 1 spiro atoms. The monoisotopic (exact) mass is 902 g/mol. The first-order valence-corrected chi connectivity index (χ1v) is 25.4.